The second kappa shape index (κ2) is 5.49. The molecule has 1 aromatic heterocycles. The molecule has 0 spiro atoms. The largest absolute Gasteiger partial charge is 0.443 e. The first kappa shape index (κ1) is 15.7. The summed E-state index contributed by atoms with van der Waals surface area (Å²) < 4.78 is 7.85. The van der Waals surface area contributed by atoms with E-state index in [1.165, 1.54) is 0 Å². The van der Waals surface area contributed by atoms with Gasteiger partial charge in [0, 0.05) is 10.7 Å². The third-order valence-electron chi connectivity index (χ3n) is 3.28. The van der Waals surface area contributed by atoms with Crippen molar-refractivity contribution in [1.29, 1.82) is 0 Å². The van der Waals surface area contributed by atoms with E-state index < -0.39 is 11.7 Å². The van der Waals surface area contributed by atoms with E-state index in [-0.39, 0.29) is 12.5 Å². The van der Waals surface area contributed by atoms with Crippen LogP contribution < -0.4 is 0 Å². The van der Waals surface area contributed by atoms with Crippen molar-refractivity contribution >= 4 is 27.9 Å². The third-order valence-corrected chi connectivity index (χ3v) is 3.81. The van der Waals surface area contributed by atoms with Gasteiger partial charge < -0.3 is 4.74 Å². The van der Waals surface area contributed by atoms with Gasteiger partial charge in [-0.05, 0) is 45.0 Å². The van der Waals surface area contributed by atoms with Crippen LogP contribution in [-0.2, 0) is 11.3 Å². The van der Waals surface area contributed by atoms with E-state index in [0.29, 0.717) is 11.3 Å². The van der Waals surface area contributed by atoms with Gasteiger partial charge in [-0.2, -0.15) is 5.10 Å². The lowest BCUT2D eigenvalue weighted by Gasteiger charge is -2.23. The number of benzene rings is 1. The molecule has 2 amide bonds. The molecule has 120 valence electrons. The van der Waals surface area contributed by atoms with Crippen LogP contribution in [0.5, 0.6) is 0 Å². The Kier molecular flexibility index (Phi) is 3.75. The molecular formula is C16H16BrN3O3. The standard InChI is InChI=1S/C16H16BrN3O3/c1-16(2,3)23-15(22)19-9-13-12(14(19)21)8-20(18-13)11-6-4-10(17)5-7-11/h4-8H,9H2,1-3H3. The molecule has 2 heterocycles. The number of nitrogens with zero attached hydrogens (tertiary/aromatic N) is 3. The molecule has 0 saturated carbocycles. The maximum atomic E-state index is 12.4. The Morgan fingerprint density at radius 1 is 1.26 bits per heavy atom. The van der Waals surface area contributed by atoms with E-state index in [0.717, 1.165) is 15.1 Å². The van der Waals surface area contributed by atoms with Crippen LogP contribution in [0.15, 0.2) is 34.9 Å². The van der Waals surface area contributed by atoms with Crippen LogP contribution in [0.3, 0.4) is 0 Å². The summed E-state index contributed by atoms with van der Waals surface area (Å²) in [6.45, 7) is 5.42. The summed E-state index contributed by atoms with van der Waals surface area (Å²) in [4.78, 5) is 25.5. The highest BCUT2D eigenvalue weighted by Gasteiger charge is 2.37. The van der Waals surface area contributed by atoms with Crippen molar-refractivity contribution in [3.8, 4) is 5.69 Å². The number of halogens is 1. The molecule has 0 atom stereocenters. The molecule has 1 aliphatic heterocycles. The molecule has 0 bridgehead atoms. The second-order valence-electron chi connectivity index (χ2n) is 6.28. The molecule has 0 unspecified atom stereocenters. The average molecular weight is 378 g/mol. The highest BCUT2D eigenvalue weighted by atomic mass is 79.9. The van der Waals surface area contributed by atoms with Gasteiger partial charge in [0.2, 0.25) is 0 Å². The minimum atomic E-state index is -0.644. The van der Waals surface area contributed by atoms with Gasteiger partial charge in [-0.25, -0.2) is 14.4 Å². The highest BCUT2D eigenvalue weighted by molar-refractivity contribution is 9.10. The number of fused-ring (bicyclic) bond motifs is 1. The number of amides is 2. The zero-order valence-electron chi connectivity index (χ0n) is 13.0. The van der Waals surface area contributed by atoms with E-state index in [1.807, 2.05) is 24.3 Å². The average Bonchev–Trinajstić information content (AvgIpc) is 2.98. The molecule has 2 aromatic rings. The summed E-state index contributed by atoms with van der Waals surface area (Å²) in [5, 5.41) is 4.40. The Morgan fingerprint density at radius 3 is 2.48 bits per heavy atom. The highest BCUT2D eigenvalue weighted by Crippen LogP contribution is 2.25. The number of aromatic nitrogens is 2. The Labute approximate surface area is 142 Å². The van der Waals surface area contributed by atoms with Crippen LogP contribution in [0.2, 0.25) is 0 Å². The molecule has 1 aromatic carbocycles. The molecule has 23 heavy (non-hydrogen) atoms. The zero-order valence-corrected chi connectivity index (χ0v) is 14.6. The van der Waals surface area contributed by atoms with Crippen molar-refractivity contribution in [3.63, 3.8) is 0 Å². The van der Waals surface area contributed by atoms with E-state index in [4.69, 9.17) is 4.74 Å². The fourth-order valence-corrected chi connectivity index (χ4v) is 2.53. The maximum Gasteiger partial charge on any atom is 0.417 e. The summed E-state index contributed by atoms with van der Waals surface area (Å²) >= 11 is 3.38. The number of carbonyl (C=O) groups is 2. The Hall–Kier alpha value is -2.15. The third kappa shape index (κ3) is 3.14. The number of imide groups is 1. The number of ether oxygens (including phenoxy) is 1. The monoisotopic (exact) mass is 377 g/mol. The van der Waals surface area contributed by atoms with Crippen LogP contribution in [0.1, 0.15) is 36.8 Å². The quantitative estimate of drug-likeness (QED) is 0.762. The number of hydrogen-bond acceptors (Lipinski definition) is 4. The van der Waals surface area contributed by atoms with E-state index >= 15 is 0 Å². The van der Waals surface area contributed by atoms with Gasteiger partial charge in [0.1, 0.15) is 5.60 Å². The minimum absolute atomic E-state index is 0.132. The number of hydrogen-bond donors (Lipinski definition) is 0. The van der Waals surface area contributed by atoms with Crippen LogP contribution >= 0.6 is 15.9 Å². The summed E-state index contributed by atoms with van der Waals surface area (Å²) in [7, 11) is 0. The predicted octanol–water partition coefficient (Wildman–Crippen LogP) is 3.53. The van der Waals surface area contributed by atoms with Gasteiger partial charge in [0.25, 0.3) is 5.91 Å². The molecule has 0 N–H and O–H groups in total. The minimum Gasteiger partial charge on any atom is -0.443 e. The fourth-order valence-electron chi connectivity index (χ4n) is 2.26. The Morgan fingerprint density at radius 2 is 1.91 bits per heavy atom. The molecular weight excluding hydrogens is 362 g/mol. The topological polar surface area (TPSA) is 64.4 Å². The first-order valence-electron chi connectivity index (χ1n) is 7.14. The fraction of sp³-hybridized carbons (Fsp3) is 0.312. The normalized spacial score (nSPS) is 14.1. The van der Waals surface area contributed by atoms with Gasteiger partial charge in [0.05, 0.1) is 23.5 Å². The summed E-state index contributed by atoms with van der Waals surface area (Å²) in [6.07, 6.45) is 1.00. The van der Waals surface area contributed by atoms with Gasteiger partial charge in [-0.3, -0.25) is 4.79 Å². The lowest BCUT2D eigenvalue weighted by atomic mass is 10.2. The summed E-state index contributed by atoms with van der Waals surface area (Å²) in [5.41, 5.74) is 1.20. The van der Waals surface area contributed by atoms with Crippen LogP contribution in [0, 0.1) is 0 Å². The smallest absolute Gasteiger partial charge is 0.417 e. The van der Waals surface area contributed by atoms with Crippen molar-refractivity contribution in [2.24, 2.45) is 0 Å². The van der Waals surface area contributed by atoms with E-state index in [1.54, 1.807) is 31.6 Å². The maximum absolute atomic E-state index is 12.4. The van der Waals surface area contributed by atoms with Crippen LogP contribution in [0.4, 0.5) is 4.79 Å². The van der Waals surface area contributed by atoms with Gasteiger partial charge >= 0.3 is 6.09 Å². The molecule has 1 aliphatic rings. The van der Waals surface area contributed by atoms with Crippen LogP contribution in [0.25, 0.3) is 5.69 Å². The van der Waals surface area contributed by atoms with Crippen molar-refractivity contribution in [2.45, 2.75) is 32.9 Å². The SMILES string of the molecule is CC(C)(C)OC(=O)N1Cc2nn(-c3ccc(Br)cc3)cc2C1=O. The van der Waals surface area contributed by atoms with Crippen molar-refractivity contribution in [2.75, 3.05) is 0 Å². The predicted molar refractivity (Wildman–Crippen MR) is 87.4 cm³/mol. The van der Waals surface area contributed by atoms with Crippen molar-refractivity contribution in [1.82, 2.24) is 14.7 Å². The van der Waals surface area contributed by atoms with Crippen LogP contribution in [-0.4, -0.2) is 32.3 Å². The first-order valence-corrected chi connectivity index (χ1v) is 7.93. The van der Waals surface area contributed by atoms with Gasteiger partial charge in [-0.15, -0.1) is 0 Å². The molecule has 0 radical (unpaired) electrons. The lowest BCUT2D eigenvalue weighted by Crippen LogP contribution is -2.37. The molecule has 7 heteroatoms. The first-order chi connectivity index (χ1) is 10.7. The Bertz CT molecular complexity index is 775. The zero-order chi connectivity index (χ0) is 16.8. The molecule has 3 rings (SSSR count). The summed E-state index contributed by atoms with van der Waals surface area (Å²) in [6, 6.07) is 7.58. The lowest BCUT2D eigenvalue weighted by molar-refractivity contribution is 0.0246. The van der Waals surface area contributed by atoms with Gasteiger partial charge in [-0.1, -0.05) is 15.9 Å². The van der Waals surface area contributed by atoms with E-state index in [9.17, 15) is 9.59 Å². The molecule has 6 nitrogen and oxygen atoms in total. The van der Waals surface area contributed by atoms with Crippen molar-refractivity contribution < 1.29 is 14.3 Å². The second-order valence-corrected chi connectivity index (χ2v) is 7.20. The molecule has 0 saturated heterocycles. The number of carbonyl (C=O) groups excluding carboxylic acids is 2. The summed E-state index contributed by atoms with van der Waals surface area (Å²) in [5.74, 6) is -0.377. The van der Waals surface area contributed by atoms with Gasteiger partial charge in [0.15, 0.2) is 0 Å². The number of rotatable bonds is 1. The van der Waals surface area contributed by atoms with Crippen molar-refractivity contribution in [3.05, 3.63) is 46.2 Å². The Balaban J connectivity index is 1.82. The molecule has 0 fully saturated rings. The van der Waals surface area contributed by atoms with E-state index in [2.05, 4.69) is 21.0 Å². The molecule has 0 aliphatic carbocycles.